The molecule has 1 saturated carbocycles. The van der Waals surface area contributed by atoms with E-state index >= 15 is 0 Å². The van der Waals surface area contributed by atoms with E-state index < -0.39 is 18.0 Å². The van der Waals surface area contributed by atoms with Crippen LogP contribution in [0.5, 0.6) is 0 Å². The van der Waals surface area contributed by atoms with Crippen LogP contribution in [0, 0.1) is 10.7 Å². The van der Waals surface area contributed by atoms with Gasteiger partial charge in [-0.2, -0.15) is 5.26 Å². The largest absolute Gasteiger partial charge is 0.308 e. The first-order valence-electron chi connectivity index (χ1n) is 7.27. The molecule has 22 heavy (non-hydrogen) atoms. The van der Waals surface area contributed by atoms with Gasteiger partial charge in [0.1, 0.15) is 5.40 Å². The summed E-state index contributed by atoms with van der Waals surface area (Å²) < 4.78 is 14.7. The lowest BCUT2D eigenvalue weighted by Crippen LogP contribution is -2.17. The topological polar surface area (TPSA) is 40.9 Å². The van der Waals surface area contributed by atoms with Crippen LogP contribution in [0.2, 0.25) is 0 Å². The van der Waals surface area contributed by atoms with E-state index in [4.69, 9.17) is 0 Å². The van der Waals surface area contributed by atoms with Crippen molar-refractivity contribution in [3.05, 3.63) is 71.9 Å². The second-order valence-electron chi connectivity index (χ2n) is 5.40. The number of nitriles is 1. The Morgan fingerprint density at radius 2 is 1.50 bits per heavy atom. The summed E-state index contributed by atoms with van der Waals surface area (Å²) in [6.07, 6.45) is 2.11. The molecule has 1 aliphatic rings. The van der Waals surface area contributed by atoms with E-state index in [0.717, 1.165) is 23.5 Å². The molecule has 0 amide bonds. The predicted molar refractivity (Wildman–Crippen MR) is 96.5 cm³/mol. The molecule has 0 aromatic heterocycles. The molecule has 0 N–H and O–H groups in total. The molecule has 1 atom stereocenters. The molecule has 1 unspecified atom stereocenters. The lowest BCUT2D eigenvalue weighted by atomic mass is 10.4. The van der Waals surface area contributed by atoms with Crippen molar-refractivity contribution < 1.29 is 4.57 Å². The summed E-state index contributed by atoms with van der Waals surface area (Å²) in [5, 5.41) is 13.9. The average molecular weight is 327 g/mol. The normalized spacial score (nSPS) is 16.6. The number of nitrogens with zero attached hydrogens (tertiary/aromatic N) is 1. The molecule has 2 aromatic carbocycles. The van der Waals surface area contributed by atoms with E-state index in [-0.39, 0.29) is 0 Å². The number of rotatable bonds is 5. The molecule has 0 heterocycles. The van der Waals surface area contributed by atoms with E-state index in [1.807, 2.05) is 60.7 Å². The van der Waals surface area contributed by atoms with Gasteiger partial charge in [0.2, 0.25) is 0 Å². The fourth-order valence-electron chi connectivity index (χ4n) is 2.56. The van der Waals surface area contributed by atoms with Crippen LogP contribution in [0.3, 0.4) is 0 Å². The van der Waals surface area contributed by atoms with E-state index in [2.05, 4.69) is 12.0 Å². The molecule has 2 nitrogen and oxygen atoms in total. The van der Waals surface area contributed by atoms with Crippen LogP contribution < -0.4 is 10.6 Å². The standard InChI is InChI=1S/C18H18NOPS/c1-15(22(14-19)18-12-13-18)21(20,16-8-4-2-5-9-16)17-10-6-3-7-11-17/h2-11,18,22H,1,12-13H2. The van der Waals surface area contributed by atoms with Crippen LogP contribution >= 0.6 is 18.0 Å². The van der Waals surface area contributed by atoms with Crippen molar-refractivity contribution in [1.29, 1.82) is 5.26 Å². The number of hydrogen-bond acceptors (Lipinski definition) is 2. The van der Waals surface area contributed by atoms with Crippen molar-refractivity contribution in [3.63, 3.8) is 0 Å². The minimum absolute atomic E-state index is 0.383. The Labute approximate surface area is 134 Å². The Bertz CT molecular complexity index is 719. The maximum atomic E-state index is 14.0. The summed E-state index contributed by atoms with van der Waals surface area (Å²) >= 11 is 0. The average Bonchev–Trinajstić information content (AvgIpc) is 3.41. The van der Waals surface area contributed by atoms with Gasteiger partial charge in [0.15, 0.2) is 7.14 Å². The van der Waals surface area contributed by atoms with Gasteiger partial charge in [0.05, 0.1) is 0 Å². The zero-order chi connectivity index (χ0) is 15.6. The summed E-state index contributed by atoms with van der Waals surface area (Å²) in [4.78, 5) is 0. The van der Waals surface area contributed by atoms with Crippen LogP contribution in [0.15, 0.2) is 71.9 Å². The van der Waals surface area contributed by atoms with Crippen molar-refractivity contribution >= 4 is 28.6 Å². The molecule has 0 bridgehead atoms. The Kier molecular flexibility index (Phi) is 4.25. The zero-order valence-electron chi connectivity index (χ0n) is 12.2. The van der Waals surface area contributed by atoms with Crippen LogP contribution in [-0.2, 0) is 4.57 Å². The maximum absolute atomic E-state index is 14.0. The lowest BCUT2D eigenvalue weighted by Gasteiger charge is -2.26. The molecule has 4 heteroatoms. The molecule has 112 valence electrons. The molecule has 2 aromatic rings. The highest BCUT2D eigenvalue weighted by Gasteiger charge is 2.39. The van der Waals surface area contributed by atoms with E-state index in [1.165, 1.54) is 0 Å². The van der Waals surface area contributed by atoms with Crippen molar-refractivity contribution in [2.45, 2.75) is 18.1 Å². The lowest BCUT2D eigenvalue weighted by molar-refractivity contribution is 0.592. The third-order valence-electron chi connectivity index (χ3n) is 3.90. The highest BCUT2D eigenvalue weighted by molar-refractivity contribution is 8.31. The quantitative estimate of drug-likeness (QED) is 0.510. The van der Waals surface area contributed by atoms with E-state index in [1.54, 1.807) is 0 Å². The Balaban J connectivity index is 2.14. The van der Waals surface area contributed by atoms with Gasteiger partial charge in [-0.05, 0) is 12.8 Å². The summed E-state index contributed by atoms with van der Waals surface area (Å²) in [6, 6.07) is 18.9. The van der Waals surface area contributed by atoms with Gasteiger partial charge >= 0.3 is 0 Å². The Hall–Kier alpha value is -1.75. The molecule has 1 fully saturated rings. The molecule has 1 aliphatic carbocycles. The molecular weight excluding hydrogens is 309 g/mol. The molecule has 0 aliphatic heterocycles. The van der Waals surface area contributed by atoms with Crippen LogP contribution in [0.4, 0.5) is 0 Å². The minimum Gasteiger partial charge on any atom is -0.308 e. The SMILES string of the molecule is C=C([SH](C#N)C1CC1)P(=O)(c1ccccc1)c1ccccc1. The highest BCUT2D eigenvalue weighted by Crippen LogP contribution is 2.65. The molecular formula is C18H18NOPS. The molecule has 0 saturated heterocycles. The van der Waals surface area contributed by atoms with Gasteiger partial charge in [-0.1, -0.05) is 67.2 Å². The van der Waals surface area contributed by atoms with E-state index in [0.29, 0.717) is 9.90 Å². The second kappa shape index (κ2) is 6.16. The summed E-state index contributed by atoms with van der Waals surface area (Å²) in [6.45, 7) is 4.16. The van der Waals surface area contributed by atoms with Gasteiger partial charge in [-0.25, -0.2) is 0 Å². The third-order valence-corrected chi connectivity index (χ3v) is 10.2. The van der Waals surface area contributed by atoms with Gasteiger partial charge in [-0.3, -0.25) is 0 Å². The summed E-state index contributed by atoms with van der Waals surface area (Å²) in [7, 11) is -4.04. The first-order chi connectivity index (χ1) is 10.7. The van der Waals surface area contributed by atoms with Crippen molar-refractivity contribution in [2.24, 2.45) is 0 Å². The maximum Gasteiger partial charge on any atom is 0.175 e. The van der Waals surface area contributed by atoms with Gasteiger partial charge in [-0.15, -0.1) is 10.9 Å². The summed E-state index contributed by atoms with van der Waals surface area (Å²) in [5.41, 5.74) is 0. The van der Waals surface area contributed by atoms with Crippen LogP contribution in [0.25, 0.3) is 0 Å². The zero-order valence-corrected chi connectivity index (χ0v) is 14.0. The summed E-state index contributed by atoms with van der Waals surface area (Å²) in [5.74, 6) is 0. The molecule has 0 radical (unpaired) electrons. The smallest absolute Gasteiger partial charge is 0.175 e. The van der Waals surface area contributed by atoms with Crippen LogP contribution in [0.1, 0.15) is 12.8 Å². The number of benzene rings is 2. The molecule has 3 rings (SSSR count). The van der Waals surface area contributed by atoms with Crippen molar-refractivity contribution in [2.75, 3.05) is 0 Å². The van der Waals surface area contributed by atoms with E-state index in [9.17, 15) is 9.83 Å². The highest BCUT2D eigenvalue weighted by atomic mass is 32.2. The number of thiocyanates is 1. The number of thiol groups is 1. The second-order valence-corrected chi connectivity index (χ2v) is 10.8. The Morgan fingerprint density at radius 1 is 1.05 bits per heavy atom. The van der Waals surface area contributed by atoms with Crippen LogP contribution in [-0.4, -0.2) is 5.25 Å². The van der Waals surface area contributed by atoms with Gasteiger partial charge in [0.25, 0.3) is 0 Å². The van der Waals surface area contributed by atoms with Crippen molar-refractivity contribution in [3.8, 4) is 5.40 Å². The fourth-order valence-corrected chi connectivity index (χ4v) is 8.53. The van der Waals surface area contributed by atoms with Crippen molar-refractivity contribution in [1.82, 2.24) is 0 Å². The van der Waals surface area contributed by atoms with Gasteiger partial charge < -0.3 is 4.57 Å². The minimum atomic E-state index is -2.99. The monoisotopic (exact) mass is 327 g/mol. The third kappa shape index (κ3) is 2.65. The van der Waals surface area contributed by atoms with Gasteiger partial charge in [0, 0.05) is 20.5 Å². The first kappa shape index (κ1) is 15.2. The number of hydrogen-bond donors (Lipinski definition) is 1. The molecule has 0 spiro atoms. The predicted octanol–water partition coefficient (Wildman–Crippen LogP) is 4.12. The first-order valence-corrected chi connectivity index (χ1v) is 10.4. The fraction of sp³-hybridized carbons (Fsp3) is 0.167. The Morgan fingerprint density at radius 3 is 1.86 bits per heavy atom.